The van der Waals surface area contributed by atoms with E-state index in [1.807, 2.05) is 13.0 Å². The second kappa shape index (κ2) is 11.7. The minimum atomic E-state index is -3.63. The monoisotopic (exact) mass is 518 g/mol. The van der Waals surface area contributed by atoms with Gasteiger partial charge in [0, 0.05) is 26.3 Å². The molecule has 0 spiro atoms. The van der Waals surface area contributed by atoms with Crippen LogP contribution in [0.4, 0.5) is 8.78 Å². The van der Waals surface area contributed by atoms with E-state index in [1.54, 1.807) is 24.4 Å². The molecular formula is C27H36F2N4O2S. The molecule has 0 amide bonds. The minimum Gasteiger partial charge on any atom is -0.260 e. The van der Waals surface area contributed by atoms with Crippen LogP contribution in [0.25, 0.3) is 5.70 Å². The minimum absolute atomic E-state index is 0.135. The van der Waals surface area contributed by atoms with Crippen LogP contribution < -0.4 is 0 Å². The van der Waals surface area contributed by atoms with Gasteiger partial charge in [-0.1, -0.05) is 45.9 Å². The number of rotatable bonds is 10. The number of pyridine rings is 1. The summed E-state index contributed by atoms with van der Waals surface area (Å²) in [6.45, 7) is 8.74. The van der Waals surface area contributed by atoms with Crippen molar-refractivity contribution in [3.8, 4) is 0 Å². The number of hydrogen-bond acceptors (Lipinski definition) is 5. The lowest BCUT2D eigenvalue weighted by molar-refractivity contribution is 0.173. The topological polar surface area (TPSA) is 75.0 Å². The summed E-state index contributed by atoms with van der Waals surface area (Å²) in [5.74, 6) is -1.26. The van der Waals surface area contributed by atoms with Crippen molar-refractivity contribution in [1.29, 1.82) is 0 Å². The van der Waals surface area contributed by atoms with Crippen LogP contribution in [0.5, 0.6) is 0 Å². The summed E-state index contributed by atoms with van der Waals surface area (Å²) in [6, 6.07) is 8.94. The van der Waals surface area contributed by atoms with Crippen LogP contribution in [-0.4, -0.2) is 37.8 Å². The molecule has 196 valence electrons. The molecular weight excluding hydrogens is 482 g/mol. The number of benzene rings is 1. The number of halogens is 2. The van der Waals surface area contributed by atoms with E-state index in [1.165, 1.54) is 29.6 Å². The highest BCUT2D eigenvalue weighted by Gasteiger charge is 2.47. The first-order chi connectivity index (χ1) is 17.0. The summed E-state index contributed by atoms with van der Waals surface area (Å²) in [7, 11) is -2.17. The molecule has 0 N–H and O–H groups in total. The Morgan fingerprint density at radius 2 is 1.92 bits per heavy atom. The van der Waals surface area contributed by atoms with Crippen LogP contribution in [0.3, 0.4) is 0 Å². The molecule has 3 atom stereocenters. The van der Waals surface area contributed by atoms with Gasteiger partial charge in [0.15, 0.2) is 0 Å². The molecule has 3 rings (SSSR count). The lowest BCUT2D eigenvalue weighted by Gasteiger charge is -2.37. The predicted octanol–water partition coefficient (Wildman–Crippen LogP) is 6.32. The van der Waals surface area contributed by atoms with E-state index in [9.17, 15) is 17.2 Å². The normalized spacial score (nSPS) is 23.3. The van der Waals surface area contributed by atoms with Crippen LogP contribution in [0, 0.1) is 34.8 Å². The molecule has 2 aromatic rings. The molecule has 1 aliphatic rings. The fourth-order valence-corrected chi connectivity index (χ4v) is 6.99. The molecule has 1 aliphatic carbocycles. The van der Waals surface area contributed by atoms with E-state index >= 15 is 0 Å². The molecule has 0 aliphatic heterocycles. The Bertz CT molecular complexity index is 1180. The number of hydrogen-bond donors (Lipinski definition) is 0. The van der Waals surface area contributed by atoms with Gasteiger partial charge in [-0.15, -0.1) is 0 Å². The van der Waals surface area contributed by atoms with Gasteiger partial charge in [-0.3, -0.25) is 4.98 Å². The maximum Gasteiger partial charge on any atom is 0.219 e. The van der Waals surface area contributed by atoms with E-state index in [0.29, 0.717) is 24.7 Å². The summed E-state index contributed by atoms with van der Waals surface area (Å²) in [5.41, 5.74) is -0.0470. The van der Waals surface area contributed by atoms with Gasteiger partial charge in [-0.05, 0) is 60.3 Å². The van der Waals surface area contributed by atoms with Crippen molar-refractivity contribution in [1.82, 2.24) is 9.29 Å². The number of nitrogens with zero attached hydrogens (tertiary/aromatic N) is 4. The van der Waals surface area contributed by atoms with E-state index in [0.717, 1.165) is 12.8 Å². The van der Waals surface area contributed by atoms with Gasteiger partial charge in [0.1, 0.15) is 17.4 Å². The largest absolute Gasteiger partial charge is 0.260 e. The van der Waals surface area contributed by atoms with Crippen molar-refractivity contribution in [3.05, 3.63) is 71.6 Å². The standard InChI is InChI=1S/C27H36F2N4O2S/c1-6-33(36(34,35)17-20-10-7-8-15-31-20)18-27(4)14-13-21(19(2)3)22(27)16-25(32-30-5)26-23(28)11-9-12-24(26)29/h7-12,15-16,19,21-22H,6,13-14,17-18H2,1-5H3/b25-16-,32-30?/t21-,22?,27+/m1/s1. The molecule has 1 fully saturated rings. The molecule has 1 saturated carbocycles. The molecule has 0 saturated heterocycles. The molecule has 1 aromatic heterocycles. The van der Waals surface area contributed by atoms with Gasteiger partial charge < -0.3 is 0 Å². The number of azo groups is 1. The average molecular weight is 519 g/mol. The second-order valence-electron chi connectivity index (χ2n) is 10.1. The summed E-state index contributed by atoms with van der Waals surface area (Å²) in [6.07, 6.45) is 5.05. The summed E-state index contributed by atoms with van der Waals surface area (Å²) in [4.78, 5) is 4.18. The maximum absolute atomic E-state index is 14.7. The van der Waals surface area contributed by atoms with Crippen LogP contribution in [0.2, 0.25) is 0 Å². The van der Waals surface area contributed by atoms with Crippen molar-refractivity contribution in [2.75, 3.05) is 20.1 Å². The summed E-state index contributed by atoms with van der Waals surface area (Å²) in [5, 5.41) is 7.94. The third-order valence-corrected chi connectivity index (χ3v) is 9.11. The highest BCUT2D eigenvalue weighted by molar-refractivity contribution is 7.88. The van der Waals surface area contributed by atoms with Crippen LogP contribution in [-0.2, 0) is 15.8 Å². The molecule has 0 bridgehead atoms. The Morgan fingerprint density at radius 3 is 2.47 bits per heavy atom. The fraction of sp³-hybridized carbons (Fsp3) is 0.519. The van der Waals surface area contributed by atoms with Crippen LogP contribution in [0.15, 0.2) is 58.9 Å². The van der Waals surface area contributed by atoms with E-state index < -0.39 is 27.1 Å². The fourth-order valence-electron chi connectivity index (χ4n) is 5.38. The summed E-state index contributed by atoms with van der Waals surface area (Å²) < 4.78 is 57.6. The smallest absolute Gasteiger partial charge is 0.219 e. The van der Waals surface area contributed by atoms with Gasteiger partial charge in [-0.2, -0.15) is 10.2 Å². The first-order valence-electron chi connectivity index (χ1n) is 12.4. The van der Waals surface area contributed by atoms with E-state index in [4.69, 9.17) is 0 Å². The quantitative estimate of drug-likeness (QED) is 0.345. The zero-order chi connectivity index (χ0) is 26.5. The average Bonchev–Trinajstić information content (AvgIpc) is 3.14. The predicted molar refractivity (Wildman–Crippen MR) is 138 cm³/mol. The van der Waals surface area contributed by atoms with Gasteiger partial charge >= 0.3 is 0 Å². The number of sulfonamides is 1. The zero-order valence-corrected chi connectivity index (χ0v) is 22.5. The Kier molecular flexibility index (Phi) is 9.11. The molecule has 36 heavy (non-hydrogen) atoms. The lowest BCUT2D eigenvalue weighted by atomic mass is 9.73. The van der Waals surface area contributed by atoms with Crippen LogP contribution in [0.1, 0.15) is 51.8 Å². The van der Waals surface area contributed by atoms with Gasteiger partial charge in [0.2, 0.25) is 10.0 Å². The first kappa shape index (κ1) is 28.1. The number of aromatic nitrogens is 1. The van der Waals surface area contributed by atoms with Crippen LogP contribution >= 0.6 is 0 Å². The molecule has 1 unspecified atom stereocenters. The first-order valence-corrected chi connectivity index (χ1v) is 14.0. The van der Waals surface area contributed by atoms with Gasteiger partial charge in [0.05, 0.1) is 17.0 Å². The Labute approximate surface area is 213 Å². The van der Waals surface area contributed by atoms with Crippen molar-refractivity contribution < 1.29 is 17.2 Å². The Morgan fingerprint density at radius 1 is 1.22 bits per heavy atom. The van der Waals surface area contributed by atoms with E-state index in [2.05, 4.69) is 36.0 Å². The van der Waals surface area contributed by atoms with Crippen molar-refractivity contribution >= 4 is 15.7 Å². The third-order valence-electron chi connectivity index (χ3n) is 7.28. The zero-order valence-electron chi connectivity index (χ0n) is 21.7. The Hall–Kier alpha value is -2.52. The van der Waals surface area contributed by atoms with Gasteiger partial charge in [-0.25, -0.2) is 21.5 Å². The third kappa shape index (κ3) is 6.24. The number of allylic oxidation sites excluding steroid dienone is 1. The molecule has 1 aromatic carbocycles. The van der Waals surface area contributed by atoms with Gasteiger partial charge in [0.25, 0.3) is 0 Å². The van der Waals surface area contributed by atoms with Crippen molar-refractivity contribution in [2.45, 2.75) is 46.3 Å². The van der Waals surface area contributed by atoms with Crippen molar-refractivity contribution in [3.63, 3.8) is 0 Å². The maximum atomic E-state index is 14.7. The molecule has 6 nitrogen and oxygen atoms in total. The molecule has 9 heteroatoms. The summed E-state index contributed by atoms with van der Waals surface area (Å²) >= 11 is 0. The molecule has 1 heterocycles. The van der Waals surface area contributed by atoms with E-state index in [-0.39, 0.29) is 28.8 Å². The highest BCUT2D eigenvalue weighted by Crippen LogP contribution is 2.52. The molecule has 0 radical (unpaired) electrons. The highest BCUT2D eigenvalue weighted by atomic mass is 32.2. The lowest BCUT2D eigenvalue weighted by Crippen LogP contribution is -2.43. The SMILES string of the molecule is CCN(C[C@]1(C)CC[C@H](C(C)C)C1/C=C(\N=NC)c1c(F)cccc1F)S(=O)(=O)Cc1ccccn1. The second-order valence-corrected chi connectivity index (χ2v) is 12.0. The van der Waals surface area contributed by atoms with Crippen molar-refractivity contribution in [2.24, 2.45) is 33.4 Å². The Balaban J connectivity index is 2.02.